The van der Waals surface area contributed by atoms with Crippen molar-refractivity contribution in [2.24, 2.45) is 5.92 Å². The van der Waals surface area contributed by atoms with Gasteiger partial charge < -0.3 is 5.32 Å². The lowest BCUT2D eigenvalue weighted by molar-refractivity contribution is 0.315. The van der Waals surface area contributed by atoms with Gasteiger partial charge in [-0.3, -0.25) is 0 Å². The number of hydrogen-bond acceptors (Lipinski definition) is 1. The summed E-state index contributed by atoms with van der Waals surface area (Å²) in [5, 5.41) is 3.60. The predicted molar refractivity (Wildman–Crippen MR) is 49.7 cm³/mol. The quantitative estimate of drug-likeness (QED) is 0.660. The molecule has 0 aromatic heterocycles. The van der Waals surface area contributed by atoms with Gasteiger partial charge in [0.05, 0.1) is 0 Å². The van der Waals surface area contributed by atoms with E-state index in [1.165, 1.54) is 32.2 Å². The second-order valence-electron chi connectivity index (χ2n) is 4.31. The molecule has 1 heterocycles. The molecule has 0 radical (unpaired) electrons. The number of hydrogen-bond donors (Lipinski definition) is 1. The van der Waals surface area contributed by atoms with Crippen molar-refractivity contribution in [3.8, 4) is 0 Å². The van der Waals surface area contributed by atoms with Crippen molar-refractivity contribution in [2.45, 2.75) is 52.0 Å². The molecule has 1 heteroatoms. The Balaban J connectivity index is 2.33. The topological polar surface area (TPSA) is 12.0 Å². The SMILES string of the molecule is CCC(C)CC1(C)CCCN1. The summed E-state index contributed by atoms with van der Waals surface area (Å²) < 4.78 is 0. The van der Waals surface area contributed by atoms with Crippen molar-refractivity contribution in [1.29, 1.82) is 0 Å². The first-order valence-electron chi connectivity index (χ1n) is 4.91. The molecule has 1 rings (SSSR count). The van der Waals surface area contributed by atoms with Crippen LogP contribution in [-0.2, 0) is 0 Å². The van der Waals surface area contributed by atoms with Crippen molar-refractivity contribution in [3.63, 3.8) is 0 Å². The lowest BCUT2D eigenvalue weighted by Crippen LogP contribution is -2.37. The Kier molecular flexibility index (Phi) is 2.94. The molecule has 0 amide bonds. The van der Waals surface area contributed by atoms with Gasteiger partial charge >= 0.3 is 0 Å². The van der Waals surface area contributed by atoms with Gasteiger partial charge in [-0.25, -0.2) is 0 Å². The van der Waals surface area contributed by atoms with Gasteiger partial charge in [-0.05, 0) is 38.6 Å². The molecule has 0 bridgehead atoms. The molecule has 0 aliphatic carbocycles. The Morgan fingerprint density at radius 1 is 1.55 bits per heavy atom. The average Bonchev–Trinajstić information content (AvgIpc) is 2.36. The van der Waals surface area contributed by atoms with E-state index < -0.39 is 0 Å². The molecular weight excluding hydrogens is 134 g/mol. The third-order valence-electron chi connectivity index (χ3n) is 2.95. The zero-order chi connectivity index (χ0) is 8.32. The van der Waals surface area contributed by atoms with Gasteiger partial charge in [0.1, 0.15) is 0 Å². The fourth-order valence-corrected chi connectivity index (χ4v) is 2.04. The Bertz CT molecular complexity index is 114. The van der Waals surface area contributed by atoms with E-state index in [4.69, 9.17) is 0 Å². The van der Waals surface area contributed by atoms with Crippen LogP contribution >= 0.6 is 0 Å². The van der Waals surface area contributed by atoms with E-state index in [2.05, 4.69) is 26.1 Å². The maximum absolute atomic E-state index is 3.60. The monoisotopic (exact) mass is 155 g/mol. The molecule has 1 aliphatic rings. The van der Waals surface area contributed by atoms with E-state index >= 15 is 0 Å². The van der Waals surface area contributed by atoms with Gasteiger partial charge in [0.2, 0.25) is 0 Å². The van der Waals surface area contributed by atoms with Crippen LogP contribution in [0.2, 0.25) is 0 Å². The second kappa shape index (κ2) is 3.57. The molecule has 0 aromatic carbocycles. The Morgan fingerprint density at radius 3 is 2.73 bits per heavy atom. The van der Waals surface area contributed by atoms with Crippen LogP contribution in [0, 0.1) is 5.92 Å². The minimum absolute atomic E-state index is 0.468. The van der Waals surface area contributed by atoms with E-state index in [1.807, 2.05) is 0 Å². The fourth-order valence-electron chi connectivity index (χ4n) is 2.04. The van der Waals surface area contributed by atoms with Crippen LogP contribution < -0.4 is 5.32 Å². The maximum Gasteiger partial charge on any atom is 0.0156 e. The summed E-state index contributed by atoms with van der Waals surface area (Å²) in [7, 11) is 0. The molecule has 1 nitrogen and oxygen atoms in total. The third kappa shape index (κ3) is 2.48. The Labute approximate surface area is 70.6 Å². The third-order valence-corrected chi connectivity index (χ3v) is 2.95. The second-order valence-corrected chi connectivity index (χ2v) is 4.31. The fraction of sp³-hybridized carbons (Fsp3) is 1.00. The average molecular weight is 155 g/mol. The lowest BCUT2D eigenvalue weighted by atomic mass is 9.87. The summed E-state index contributed by atoms with van der Waals surface area (Å²) >= 11 is 0. The summed E-state index contributed by atoms with van der Waals surface area (Å²) in [6.45, 7) is 8.23. The molecule has 2 unspecified atom stereocenters. The molecule has 11 heavy (non-hydrogen) atoms. The van der Waals surface area contributed by atoms with Crippen molar-refractivity contribution in [3.05, 3.63) is 0 Å². The Hall–Kier alpha value is -0.0400. The first-order chi connectivity index (χ1) is 5.16. The van der Waals surface area contributed by atoms with Crippen molar-refractivity contribution in [2.75, 3.05) is 6.54 Å². The Morgan fingerprint density at radius 2 is 2.27 bits per heavy atom. The highest BCUT2D eigenvalue weighted by Gasteiger charge is 2.28. The molecule has 0 aromatic rings. The van der Waals surface area contributed by atoms with Gasteiger partial charge in [0, 0.05) is 5.54 Å². The van der Waals surface area contributed by atoms with Crippen LogP contribution in [0.4, 0.5) is 0 Å². The minimum Gasteiger partial charge on any atom is -0.312 e. The number of nitrogens with one attached hydrogen (secondary N) is 1. The molecule has 0 saturated carbocycles. The van der Waals surface area contributed by atoms with E-state index in [-0.39, 0.29) is 0 Å². The molecular formula is C10H21N. The zero-order valence-electron chi connectivity index (χ0n) is 8.11. The minimum atomic E-state index is 0.468. The largest absolute Gasteiger partial charge is 0.312 e. The van der Waals surface area contributed by atoms with E-state index in [0.29, 0.717) is 5.54 Å². The lowest BCUT2D eigenvalue weighted by Gasteiger charge is -2.27. The molecule has 0 spiro atoms. The summed E-state index contributed by atoms with van der Waals surface area (Å²) in [6.07, 6.45) is 5.41. The summed E-state index contributed by atoms with van der Waals surface area (Å²) in [4.78, 5) is 0. The first kappa shape index (κ1) is 9.05. The highest BCUT2D eigenvalue weighted by atomic mass is 15.0. The normalized spacial score (nSPS) is 34.1. The molecule has 66 valence electrons. The van der Waals surface area contributed by atoms with Crippen molar-refractivity contribution in [1.82, 2.24) is 5.32 Å². The summed E-state index contributed by atoms with van der Waals surface area (Å²) in [5.74, 6) is 0.880. The molecule has 1 saturated heterocycles. The molecule has 1 N–H and O–H groups in total. The van der Waals surface area contributed by atoms with Gasteiger partial charge in [0.25, 0.3) is 0 Å². The standard InChI is InChI=1S/C10H21N/c1-4-9(2)8-10(3)6-5-7-11-10/h9,11H,4-8H2,1-3H3. The van der Waals surface area contributed by atoms with E-state index in [0.717, 1.165) is 5.92 Å². The van der Waals surface area contributed by atoms with E-state index in [9.17, 15) is 0 Å². The smallest absolute Gasteiger partial charge is 0.0156 e. The number of rotatable bonds is 3. The van der Waals surface area contributed by atoms with Crippen LogP contribution in [0.25, 0.3) is 0 Å². The van der Waals surface area contributed by atoms with Crippen molar-refractivity contribution < 1.29 is 0 Å². The van der Waals surface area contributed by atoms with Crippen LogP contribution in [-0.4, -0.2) is 12.1 Å². The molecule has 1 fully saturated rings. The van der Waals surface area contributed by atoms with Crippen molar-refractivity contribution >= 4 is 0 Å². The summed E-state index contributed by atoms with van der Waals surface area (Å²) in [5.41, 5.74) is 0.468. The zero-order valence-corrected chi connectivity index (χ0v) is 8.11. The highest BCUT2D eigenvalue weighted by molar-refractivity contribution is 4.89. The highest BCUT2D eigenvalue weighted by Crippen LogP contribution is 2.27. The first-order valence-corrected chi connectivity index (χ1v) is 4.91. The molecule has 2 atom stereocenters. The predicted octanol–water partition coefficient (Wildman–Crippen LogP) is 2.56. The van der Waals surface area contributed by atoms with Gasteiger partial charge in [-0.2, -0.15) is 0 Å². The van der Waals surface area contributed by atoms with Crippen LogP contribution in [0.5, 0.6) is 0 Å². The van der Waals surface area contributed by atoms with E-state index in [1.54, 1.807) is 0 Å². The van der Waals surface area contributed by atoms with Crippen LogP contribution in [0.3, 0.4) is 0 Å². The maximum atomic E-state index is 3.60. The molecule has 1 aliphatic heterocycles. The summed E-state index contributed by atoms with van der Waals surface area (Å²) in [6, 6.07) is 0. The van der Waals surface area contributed by atoms with Gasteiger partial charge in [0.15, 0.2) is 0 Å². The van der Waals surface area contributed by atoms with Crippen LogP contribution in [0.15, 0.2) is 0 Å². The van der Waals surface area contributed by atoms with Gasteiger partial charge in [-0.15, -0.1) is 0 Å². The van der Waals surface area contributed by atoms with Crippen LogP contribution in [0.1, 0.15) is 46.5 Å². The van der Waals surface area contributed by atoms with Gasteiger partial charge in [-0.1, -0.05) is 20.3 Å².